The van der Waals surface area contributed by atoms with Crippen LogP contribution < -0.4 is 15.4 Å². The molecule has 0 aliphatic heterocycles. The van der Waals surface area contributed by atoms with E-state index in [1.54, 1.807) is 47.3 Å². The van der Waals surface area contributed by atoms with Crippen molar-refractivity contribution in [3.63, 3.8) is 0 Å². The van der Waals surface area contributed by atoms with Gasteiger partial charge < -0.3 is 19.9 Å². The predicted molar refractivity (Wildman–Crippen MR) is 132 cm³/mol. The van der Waals surface area contributed by atoms with Crippen LogP contribution in [0.15, 0.2) is 67.3 Å². The second-order valence-electron chi connectivity index (χ2n) is 7.81. The van der Waals surface area contributed by atoms with Crippen molar-refractivity contribution >= 4 is 24.2 Å². The fourth-order valence-electron chi connectivity index (χ4n) is 3.29. The van der Waals surface area contributed by atoms with Crippen LogP contribution in [0, 0.1) is 0 Å². The molecule has 3 aromatic heterocycles. The highest BCUT2D eigenvalue weighted by Gasteiger charge is 2.39. The standard InChI is InChI=1S/C24H22F3N7O3.ClH/c1-33-12-11-28-19(33)15-37-20-8-7-16(13-31-20)22(35)29-9-10-30-23(36)18-14-34(17-5-3-2-4-6-17)32-21(18)24(25,26)27;/h2-8,11-14H,9-10,15H2,1H3,(H,29,35)(H,30,36);1H. The second-order valence-corrected chi connectivity index (χ2v) is 7.81. The van der Waals surface area contributed by atoms with E-state index in [1.165, 1.54) is 18.3 Å². The summed E-state index contributed by atoms with van der Waals surface area (Å²) in [5.74, 6) is -0.409. The summed E-state index contributed by atoms with van der Waals surface area (Å²) in [4.78, 5) is 33.0. The van der Waals surface area contributed by atoms with Crippen molar-refractivity contribution in [2.75, 3.05) is 13.1 Å². The van der Waals surface area contributed by atoms with E-state index in [4.69, 9.17) is 4.74 Å². The number of carbonyl (C=O) groups is 2. The normalized spacial score (nSPS) is 10.9. The average molecular weight is 550 g/mol. The number of benzene rings is 1. The van der Waals surface area contributed by atoms with Gasteiger partial charge in [-0.15, -0.1) is 12.4 Å². The molecule has 1 aromatic carbocycles. The van der Waals surface area contributed by atoms with Crippen molar-refractivity contribution in [1.29, 1.82) is 0 Å². The van der Waals surface area contributed by atoms with Crippen molar-refractivity contribution in [2.45, 2.75) is 12.8 Å². The van der Waals surface area contributed by atoms with Gasteiger partial charge in [0.1, 0.15) is 12.4 Å². The van der Waals surface area contributed by atoms with Gasteiger partial charge in [0.2, 0.25) is 5.88 Å². The molecule has 0 saturated heterocycles. The smallest absolute Gasteiger partial charge is 0.435 e. The third-order valence-electron chi connectivity index (χ3n) is 5.21. The lowest BCUT2D eigenvalue weighted by Gasteiger charge is -2.09. The van der Waals surface area contributed by atoms with Gasteiger partial charge in [-0.25, -0.2) is 14.6 Å². The lowest BCUT2D eigenvalue weighted by Crippen LogP contribution is -2.35. The molecule has 0 atom stereocenters. The first-order valence-corrected chi connectivity index (χ1v) is 11.1. The van der Waals surface area contributed by atoms with Gasteiger partial charge in [0, 0.05) is 51.0 Å². The van der Waals surface area contributed by atoms with E-state index in [0.29, 0.717) is 17.4 Å². The number of hydrogen-bond acceptors (Lipinski definition) is 6. The van der Waals surface area contributed by atoms with Crippen LogP contribution in [0.2, 0.25) is 0 Å². The van der Waals surface area contributed by atoms with Gasteiger partial charge >= 0.3 is 6.18 Å². The molecular formula is C24H23ClF3N7O3. The zero-order valence-corrected chi connectivity index (χ0v) is 20.8. The fraction of sp³-hybridized carbons (Fsp3) is 0.208. The Morgan fingerprint density at radius 3 is 2.32 bits per heavy atom. The summed E-state index contributed by atoms with van der Waals surface area (Å²) in [5.41, 5.74) is -1.29. The Kier molecular flexibility index (Phi) is 9.07. The summed E-state index contributed by atoms with van der Waals surface area (Å²) in [6.45, 7) is 0.0921. The van der Waals surface area contributed by atoms with Crippen LogP contribution in [0.1, 0.15) is 32.2 Å². The van der Waals surface area contributed by atoms with Crippen LogP contribution >= 0.6 is 12.4 Å². The van der Waals surface area contributed by atoms with Gasteiger partial charge in [-0.3, -0.25) is 9.59 Å². The molecular weight excluding hydrogens is 527 g/mol. The van der Waals surface area contributed by atoms with E-state index in [-0.39, 0.29) is 37.7 Å². The highest BCUT2D eigenvalue weighted by Crippen LogP contribution is 2.31. The number of halogens is 4. The van der Waals surface area contributed by atoms with Gasteiger partial charge in [0.25, 0.3) is 11.8 Å². The Morgan fingerprint density at radius 1 is 1.00 bits per heavy atom. The van der Waals surface area contributed by atoms with Crippen molar-refractivity contribution < 1.29 is 27.5 Å². The molecule has 4 aromatic rings. The maximum absolute atomic E-state index is 13.5. The Labute approximate surface area is 221 Å². The predicted octanol–water partition coefficient (Wildman–Crippen LogP) is 3.18. The highest BCUT2D eigenvalue weighted by atomic mass is 35.5. The lowest BCUT2D eigenvalue weighted by atomic mass is 10.2. The van der Waals surface area contributed by atoms with Crippen LogP contribution in [0.3, 0.4) is 0 Å². The first kappa shape index (κ1) is 28.2. The average Bonchev–Trinajstić information content (AvgIpc) is 3.53. The van der Waals surface area contributed by atoms with Crippen LogP contribution in [-0.2, 0) is 19.8 Å². The van der Waals surface area contributed by atoms with Gasteiger partial charge in [0.15, 0.2) is 5.69 Å². The summed E-state index contributed by atoms with van der Waals surface area (Å²) in [7, 11) is 1.84. The largest absolute Gasteiger partial charge is 0.469 e. The molecule has 2 amide bonds. The monoisotopic (exact) mass is 549 g/mol. The number of ether oxygens (including phenoxy) is 1. The first-order valence-electron chi connectivity index (χ1n) is 11.1. The third kappa shape index (κ3) is 6.88. The minimum atomic E-state index is -4.82. The summed E-state index contributed by atoms with van der Waals surface area (Å²) in [5, 5.41) is 8.50. The Morgan fingerprint density at radius 2 is 1.71 bits per heavy atom. The molecule has 14 heteroatoms. The molecule has 0 radical (unpaired) electrons. The zero-order valence-electron chi connectivity index (χ0n) is 20.0. The quantitative estimate of drug-likeness (QED) is 0.310. The third-order valence-corrected chi connectivity index (χ3v) is 5.21. The number of carbonyl (C=O) groups excluding carboxylic acids is 2. The number of alkyl halides is 3. The van der Waals surface area contributed by atoms with E-state index in [0.717, 1.165) is 10.9 Å². The topological polar surface area (TPSA) is 116 Å². The number of imidazole rings is 1. The number of nitrogens with one attached hydrogen (secondary N) is 2. The fourth-order valence-corrected chi connectivity index (χ4v) is 3.29. The highest BCUT2D eigenvalue weighted by molar-refractivity contribution is 5.96. The van der Waals surface area contributed by atoms with Crippen molar-refractivity contribution in [3.05, 3.63) is 89.9 Å². The molecule has 2 N–H and O–H groups in total. The molecule has 0 aliphatic carbocycles. The number of aryl methyl sites for hydroxylation is 1. The molecule has 0 aliphatic rings. The van der Waals surface area contributed by atoms with Gasteiger partial charge in [0.05, 0.1) is 16.8 Å². The molecule has 10 nitrogen and oxygen atoms in total. The molecule has 0 unspecified atom stereocenters. The van der Waals surface area contributed by atoms with Crippen LogP contribution in [0.25, 0.3) is 5.69 Å². The molecule has 0 bridgehead atoms. The Balaban J connectivity index is 0.00000400. The van der Waals surface area contributed by atoms with Crippen molar-refractivity contribution in [2.24, 2.45) is 7.05 Å². The van der Waals surface area contributed by atoms with E-state index >= 15 is 0 Å². The maximum atomic E-state index is 13.5. The number of pyridine rings is 1. The summed E-state index contributed by atoms with van der Waals surface area (Å²) in [6.07, 6.45) is 0.968. The number of nitrogens with zero attached hydrogens (tertiary/aromatic N) is 5. The molecule has 4 rings (SSSR count). The van der Waals surface area contributed by atoms with E-state index in [1.807, 2.05) is 7.05 Å². The van der Waals surface area contributed by atoms with Crippen LogP contribution in [0.5, 0.6) is 5.88 Å². The molecule has 0 spiro atoms. The van der Waals surface area contributed by atoms with Gasteiger partial charge in [-0.2, -0.15) is 18.3 Å². The van der Waals surface area contributed by atoms with Gasteiger partial charge in [-0.1, -0.05) is 18.2 Å². The Hall–Kier alpha value is -4.39. The van der Waals surface area contributed by atoms with Crippen LogP contribution in [-0.4, -0.2) is 49.2 Å². The molecule has 200 valence electrons. The second kappa shape index (κ2) is 12.2. The van der Waals surface area contributed by atoms with Gasteiger partial charge in [-0.05, 0) is 18.2 Å². The number of aromatic nitrogens is 5. The first-order chi connectivity index (χ1) is 17.7. The minimum absolute atomic E-state index is 0. The Bertz CT molecular complexity index is 1370. The van der Waals surface area contributed by atoms with Crippen molar-refractivity contribution in [3.8, 4) is 11.6 Å². The van der Waals surface area contributed by atoms with E-state index in [9.17, 15) is 22.8 Å². The number of amides is 2. The van der Waals surface area contributed by atoms with Crippen molar-refractivity contribution in [1.82, 2.24) is 34.9 Å². The lowest BCUT2D eigenvalue weighted by molar-refractivity contribution is -0.141. The number of hydrogen-bond donors (Lipinski definition) is 2. The summed E-state index contributed by atoms with van der Waals surface area (Å²) >= 11 is 0. The van der Waals surface area contributed by atoms with E-state index < -0.39 is 29.2 Å². The molecule has 3 heterocycles. The van der Waals surface area contributed by atoms with Crippen LogP contribution in [0.4, 0.5) is 13.2 Å². The number of rotatable bonds is 9. The molecule has 38 heavy (non-hydrogen) atoms. The number of para-hydroxylation sites is 1. The minimum Gasteiger partial charge on any atom is -0.469 e. The summed E-state index contributed by atoms with van der Waals surface area (Å²) in [6, 6.07) is 11.2. The maximum Gasteiger partial charge on any atom is 0.435 e. The molecule has 0 fully saturated rings. The van der Waals surface area contributed by atoms with E-state index in [2.05, 4.69) is 25.7 Å². The zero-order chi connectivity index (χ0) is 26.4. The summed E-state index contributed by atoms with van der Waals surface area (Å²) < 4.78 is 48.7. The SMILES string of the molecule is Cl.Cn1ccnc1COc1ccc(C(=O)NCCNC(=O)c2cn(-c3ccccc3)nc2C(F)(F)F)cn1. The molecule has 0 saturated carbocycles.